The lowest BCUT2D eigenvalue weighted by Gasteiger charge is -2.21. The summed E-state index contributed by atoms with van der Waals surface area (Å²) in [7, 11) is 0. The number of aliphatic hydroxyl groups is 1. The molecule has 0 aliphatic rings. The van der Waals surface area contributed by atoms with Crippen LogP contribution in [0.5, 0.6) is 11.5 Å². The SMILES string of the molecule is CCOC(=O)C(Nc1ccc(/C(N)=N/C(=O)Nc2ccccc2)cc1)c1cc(OCC)c(OCCO)cc1F. The maximum Gasteiger partial charge on any atom is 0.347 e. The normalized spacial score (nSPS) is 11.8. The molecule has 3 aromatic rings. The minimum absolute atomic E-state index is 0.0113. The number of para-hydroxylation sites is 1. The number of amides is 2. The number of aliphatic imine (C=N–C) groups is 1. The lowest BCUT2D eigenvalue weighted by molar-refractivity contribution is -0.144. The van der Waals surface area contributed by atoms with Crippen molar-refractivity contribution < 1.29 is 33.3 Å². The first-order valence-electron chi connectivity index (χ1n) is 12.3. The first kappa shape index (κ1) is 28.9. The highest BCUT2D eigenvalue weighted by atomic mass is 19.1. The first-order valence-corrected chi connectivity index (χ1v) is 12.3. The van der Waals surface area contributed by atoms with Crippen molar-refractivity contribution in [1.82, 2.24) is 0 Å². The number of esters is 1. The van der Waals surface area contributed by atoms with Crippen molar-refractivity contribution in [1.29, 1.82) is 0 Å². The van der Waals surface area contributed by atoms with E-state index >= 15 is 4.39 Å². The van der Waals surface area contributed by atoms with E-state index in [4.69, 9.17) is 25.1 Å². The summed E-state index contributed by atoms with van der Waals surface area (Å²) in [6.45, 7) is 3.45. The summed E-state index contributed by atoms with van der Waals surface area (Å²) in [5.41, 5.74) is 7.48. The Hall–Kier alpha value is -4.64. The van der Waals surface area contributed by atoms with Crippen LogP contribution in [0, 0.1) is 5.82 Å². The Morgan fingerprint density at radius 3 is 2.31 bits per heavy atom. The number of urea groups is 1. The van der Waals surface area contributed by atoms with Crippen molar-refractivity contribution >= 4 is 29.2 Å². The second-order valence-electron chi connectivity index (χ2n) is 8.03. The van der Waals surface area contributed by atoms with Crippen molar-refractivity contribution in [3.63, 3.8) is 0 Å². The molecule has 0 saturated carbocycles. The number of nitrogens with zero attached hydrogens (tertiary/aromatic N) is 1. The topological polar surface area (TPSA) is 144 Å². The molecule has 0 spiro atoms. The number of ether oxygens (including phenoxy) is 3. The van der Waals surface area contributed by atoms with Crippen LogP contribution in [0.25, 0.3) is 0 Å². The molecule has 0 fully saturated rings. The number of anilines is 2. The van der Waals surface area contributed by atoms with Gasteiger partial charge in [0.2, 0.25) is 0 Å². The molecule has 0 saturated heterocycles. The van der Waals surface area contributed by atoms with Crippen LogP contribution in [0.4, 0.5) is 20.6 Å². The van der Waals surface area contributed by atoms with Crippen LogP contribution in [0.15, 0.2) is 71.7 Å². The molecule has 3 rings (SSSR count). The summed E-state index contributed by atoms with van der Waals surface area (Å²) in [5, 5.41) is 14.6. The number of hydrogen-bond donors (Lipinski definition) is 4. The van der Waals surface area contributed by atoms with E-state index in [0.29, 0.717) is 16.9 Å². The average Bonchev–Trinajstić information content (AvgIpc) is 2.92. The molecule has 3 aromatic carbocycles. The summed E-state index contributed by atoms with van der Waals surface area (Å²) in [5.74, 6) is -1.13. The van der Waals surface area contributed by atoms with E-state index in [2.05, 4.69) is 15.6 Å². The number of halogens is 1. The third-order valence-corrected chi connectivity index (χ3v) is 5.28. The Bertz CT molecular complexity index is 1290. The van der Waals surface area contributed by atoms with Gasteiger partial charge < -0.3 is 35.7 Å². The van der Waals surface area contributed by atoms with E-state index in [1.807, 2.05) is 6.07 Å². The number of aliphatic hydroxyl groups excluding tert-OH is 1. The van der Waals surface area contributed by atoms with Crippen LogP contribution in [0.2, 0.25) is 0 Å². The highest BCUT2D eigenvalue weighted by Crippen LogP contribution is 2.35. The Kier molecular flexibility index (Phi) is 10.6. The largest absolute Gasteiger partial charge is 0.490 e. The molecule has 0 radical (unpaired) electrons. The number of nitrogens with two attached hydrogens (primary N) is 1. The van der Waals surface area contributed by atoms with Crippen molar-refractivity contribution in [3.05, 3.63) is 83.7 Å². The van der Waals surface area contributed by atoms with Gasteiger partial charge in [-0.25, -0.2) is 14.0 Å². The van der Waals surface area contributed by atoms with Gasteiger partial charge in [-0.05, 0) is 56.3 Å². The smallest absolute Gasteiger partial charge is 0.347 e. The number of rotatable bonds is 12. The van der Waals surface area contributed by atoms with E-state index < -0.39 is 23.9 Å². The van der Waals surface area contributed by atoms with Gasteiger partial charge >= 0.3 is 12.0 Å². The van der Waals surface area contributed by atoms with Crippen molar-refractivity contribution in [2.75, 3.05) is 37.1 Å². The highest BCUT2D eigenvalue weighted by molar-refractivity contribution is 6.06. The quantitative estimate of drug-likeness (QED) is 0.152. The Morgan fingerprint density at radius 1 is 0.974 bits per heavy atom. The van der Waals surface area contributed by atoms with Crippen LogP contribution >= 0.6 is 0 Å². The zero-order chi connectivity index (χ0) is 28.2. The Labute approximate surface area is 225 Å². The van der Waals surface area contributed by atoms with Crippen LogP contribution in [0.3, 0.4) is 0 Å². The molecule has 5 N–H and O–H groups in total. The second kappa shape index (κ2) is 14.3. The van der Waals surface area contributed by atoms with Gasteiger partial charge in [0, 0.05) is 28.6 Å². The van der Waals surface area contributed by atoms with E-state index in [9.17, 15) is 9.59 Å². The zero-order valence-electron chi connectivity index (χ0n) is 21.6. The third kappa shape index (κ3) is 8.17. The molecule has 0 bridgehead atoms. The standard InChI is InChI=1S/C28H31FN4O6/c1-3-37-23-16-21(22(29)17-24(23)39-15-14-34)25(27(35)38-4-2)31-20-12-10-18(11-13-20)26(30)33-28(36)32-19-8-6-5-7-9-19/h5-13,16-17,25,31,34H,3-4,14-15H2,1-2H3,(H3,30,32,33,36). The van der Waals surface area contributed by atoms with Gasteiger partial charge in [0.15, 0.2) is 17.5 Å². The number of hydrogen-bond acceptors (Lipinski definition) is 7. The summed E-state index contributed by atoms with van der Waals surface area (Å²) < 4.78 is 31.3. The van der Waals surface area contributed by atoms with Crippen molar-refractivity contribution in [3.8, 4) is 11.5 Å². The van der Waals surface area contributed by atoms with Gasteiger partial charge in [0.05, 0.1) is 19.8 Å². The van der Waals surface area contributed by atoms with Crippen LogP contribution in [0.1, 0.15) is 31.0 Å². The molecule has 1 unspecified atom stereocenters. The fraction of sp³-hybridized carbons (Fsp3) is 0.250. The zero-order valence-corrected chi connectivity index (χ0v) is 21.6. The molecule has 11 heteroatoms. The average molecular weight is 539 g/mol. The van der Waals surface area contributed by atoms with Gasteiger partial charge in [0.1, 0.15) is 18.3 Å². The number of carbonyl (C=O) groups excluding carboxylic acids is 2. The summed E-state index contributed by atoms with van der Waals surface area (Å²) in [4.78, 5) is 28.9. The van der Waals surface area contributed by atoms with Crippen LogP contribution in [-0.4, -0.2) is 49.4 Å². The van der Waals surface area contributed by atoms with E-state index in [1.165, 1.54) is 6.07 Å². The monoisotopic (exact) mass is 538 g/mol. The number of benzene rings is 3. The fourth-order valence-corrected chi connectivity index (χ4v) is 3.55. The van der Waals surface area contributed by atoms with Crippen LogP contribution < -0.4 is 25.8 Å². The van der Waals surface area contributed by atoms with Gasteiger partial charge in [-0.2, -0.15) is 4.99 Å². The van der Waals surface area contributed by atoms with E-state index in [-0.39, 0.29) is 49.3 Å². The van der Waals surface area contributed by atoms with Crippen LogP contribution in [-0.2, 0) is 9.53 Å². The van der Waals surface area contributed by atoms with Gasteiger partial charge in [-0.3, -0.25) is 0 Å². The van der Waals surface area contributed by atoms with E-state index in [0.717, 1.165) is 6.07 Å². The molecule has 0 heterocycles. The lowest BCUT2D eigenvalue weighted by Crippen LogP contribution is -2.25. The summed E-state index contributed by atoms with van der Waals surface area (Å²) in [6, 6.07) is 15.9. The minimum Gasteiger partial charge on any atom is -0.490 e. The molecule has 0 aliphatic carbocycles. The number of amidine groups is 1. The minimum atomic E-state index is -1.22. The third-order valence-electron chi connectivity index (χ3n) is 5.28. The summed E-state index contributed by atoms with van der Waals surface area (Å²) in [6.07, 6.45) is 0. The molecular formula is C28H31FN4O6. The predicted octanol–water partition coefficient (Wildman–Crippen LogP) is 4.25. The molecule has 39 heavy (non-hydrogen) atoms. The molecule has 10 nitrogen and oxygen atoms in total. The number of carbonyl (C=O) groups is 2. The molecular weight excluding hydrogens is 507 g/mol. The first-order chi connectivity index (χ1) is 18.9. The molecule has 0 aliphatic heterocycles. The molecule has 206 valence electrons. The Balaban J connectivity index is 1.83. The molecule has 2 amide bonds. The predicted molar refractivity (Wildman–Crippen MR) is 146 cm³/mol. The van der Waals surface area contributed by atoms with Gasteiger partial charge in [-0.1, -0.05) is 18.2 Å². The van der Waals surface area contributed by atoms with Gasteiger partial charge in [0.25, 0.3) is 0 Å². The van der Waals surface area contributed by atoms with Crippen molar-refractivity contribution in [2.24, 2.45) is 10.7 Å². The maximum absolute atomic E-state index is 15.2. The second-order valence-corrected chi connectivity index (χ2v) is 8.03. The van der Waals surface area contributed by atoms with Crippen molar-refractivity contribution in [2.45, 2.75) is 19.9 Å². The fourth-order valence-electron chi connectivity index (χ4n) is 3.55. The molecule has 0 aromatic heterocycles. The van der Waals surface area contributed by atoms with Gasteiger partial charge in [-0.15, -0.1) is 0 Å². The molecule has 1 atom stereocenters. The Morgan fingerprint density at radius 2 is 1.67 bits per heavy atom. The van der Waals surface area contributed by atoms with E-state index in [1.54, 1.807) is 62.4 Å². The number of nitrogens with one attached hydrogen (secondary N) is 2. The maximum atomic E-state index is 15.2. The lowest BCUT2D eigenvalue weighted by atomic mass is 10.0. The summed E-state index contributed by atoms with van der Waals surface area (Å²) >= 11 is 0. The highest BCUT2D eigenvalue weighted by Gasteiger charge is 2.27.